The Morgan fingerprint density at radius 1 is 1.12 bits per heavy atom. The zero-order valence-electron chi connectivity index (χ0n) is 9.58. The number of benzene rings is 1. The van der Waals surface area contributed by atoms with Gasteiger partial charge >= 0.3 is 0 Å². The minimum atomic E-state index is 0.0553. The third-order valence-corrected chi connectivity index (χ3v) is 2.69. The van der Waals surface area contributed by atoms with E-state index in [0.717, 1.165) is 23.2 Å². The van der Waals surface area contributed by atoms with Crippen molar-refractivity contribution in [3.63, 3.8) is 0 Å². The number of hydrogen-bond acceptors (Lipinski definition) is 1. The van der Waals surface area contributed by atoms with Crippen LogP contribution in [0.4, 0.5) is 0 Å². The molecule has 1 aromatic heterocycles. The van der Waals surface area contributed by atoms with Crippen molar-refractivity contribution in [1.29, 1.82) is 0 Å². The summed E-state index contributed by atoms with van der Waals surface area (Å²) in [6, 6.07) is 11.4. The van der Waals surface area contributed by atoms with Crippen LogP contribution in [-0.2, 0) is 6.42 Å². The second kappa shape index (κ2) is 4.35. The van der Waals surface area contributed by atoms with Crippen molar-refractivity contribution in [2.75, 3.05) is 0 Å². The third-order valence-electron chi connectivity index (χ3n) is 2.69. The number of carbonyl (C=O) groups is 1. The van der Waals surface area contributed by atoms with Crippen LogP contribution in [0.2, 0.25) is 0 Å². The van der Waals surface area contributed by atoms with E-state index >= 15 is 0 Å². The molecular formula is C14H15NO. The van der Waals surface area contributed by atoms with Gasteiger partial charge in [-0.25, -0.2) is 0 Å². The first kappa shape index (κ1) is 10.7. The van der Waals surface area contributed by atoms with E-state index in [1.54, 1.807) is 0 Å². The molecule has 2 rings (SSSR count). The fraction of sp³-hybridized carbons (Fsp3) is 0.214. The van der Waals surface area contributed by atoms with Crippen molar-refractivity contribution in [2.45, 2.75) is 20.3 Å². The molecule has 16 heavy (non-hydrogen) atoms. The topological polar surface area (TPSA) is 32.9 Å². The van der Waals surface area contributed by atoms with Crippen LogP contribution in [0, 0.1) is 6.92 Å². The third kappa shape index (κ3) is 2.06. The monoisotopic (exact) mass is 213 g/mol. The van der Waals surface area contributed by atoms with Crippen LogP contribution in [0.1, 0.15) is 34.2 Å². The fourth-order valence-electron chi connectivity index (χ4n) is 1.64. The SMILES string of the molecule is CCc1ccc(C(=O)c2ccc(C)cc2)[nH]1. The molecule has 2 aromatic rings. The number of carbonyl (C=O) groups excluding carboxylic acids is 1. The molecule has 0 spiro atoms. The molecule has 2 heteroatoms. The highest BCUT2D eigenvalue weighted by Crippen LogP contribution is 2.11. The maximum atomic E-state index is 12.1. The normalized spacial score (nSPS) is 10.4. The lowest BCUT2D eigenvalue weighted by Gasteiger charge is -1.99. The van der Waals surface area contributed by atoms with Gasteiger partial charge in [-0.15, -0.1) is 0 Å². The van der Waals surface area contributed by atoms with Crippen LogP contribution in [0.25, 0.3) is 0 Å². The average molecular weight is 213 g/mol. The molecule has 0 unspecified atom stereocenters. The van der Waals surface area contributed by atoms with E-state index in [9.17, 15) is 4.79 Å². The number of rotatable bonds is 3. The Morgan fingerprint density at radius 2 is 1.81 bits per heavy atom. The number of aromatic nitrogens is 1. The van der Waals surface area contributed by atoms with Gasteiger partial charge in [-0.1, -0.05) is 36.8 Å². The molecule has 0 amide bonds. The summed E-state index contributed by atoms with van der Waals surface area (Å²) in [6.45, 7) is 4.07. The average Bonchev–Trinajstić information content (AvgIpc) is 2.77. The van der Waals surface area contributed by atoms with E-state index in [2.05, 4.69) is 11.9 Å². The zero-order chi connectivity index (χ0) is 11.5. The molecule has 0 aliphatic carbocycles. The van der Waals surface area contributed by atoms with Gasteiger partial charge in [0.15, 0.2) is 0 Å². The molecule has 1 heterocycles. The van der Waals surface area contributed by atoms with Crippen molar-refractivity contribution in [3.8, 4) is 0 Å². The summed E-state index contributed by atoms with van der Waals surface area (Å²) in [6.07, 6.45) is 0.918. The second-order valence-electron chi connectivity index (χ2n) is 3.95. The van der Waals surface area contributed by atoms with Crippen LogP contribution < -0.4 is 0 Å². The Kier molecular flexibility index (Phi) is 2.91. The smallest absolute Gasteiger partial charge is 0.209 e. The summed E-state index contributed by atoms with van der Waals surface area (Å²) in [5.41, 5.74) is 3.66. The van der Waals surface area contributed by atoms with Gasteiger partial charge in [0.25, 0.3) is 0 Å². The molecule has 0 aliphatic rings. The number of aryl methyl sites for hydroxylation is 2. The lowest BCUT2D eigenvalue weighted by Crippen LogP contribution is -2.01. The van der Waals surface area contributed by atoms with Crippen molar-refractivity contribution in [3.05, 3.63) is 58.9 Å². The number of H-pyrrole nitrogens is 1. The molecule has 0 bridgehead atoms. The van der Waals surface area contributed by atoms with E-state index < -0.39 is 0 Å². The van der Waals surface area contributed by atoms with Gasteiger partial charge in [0.2, 0.25) is 5.78 Å². The Morgan fingerprint density at radius 3 is 2.38 bits per heavy atom. The predicted octanol–water partition coefficient (Wildman–Crippen LogP) is 3.12. The largest absolute Gasteiger partial charge is 0.356 e. The Balaban J connectivity index is 2.28. The number of nitrogens with one attached hydrogen (secondary N) is 1. The molecular weight excluding hydrogens is 198 g/mol. The molecule has 0 radical (unpaired) electrons. The minimum Gasteiger partial charge on any atom is -0.356 e. The Labute approximate surface area is 95.3 Å². The van der Waals surface area contributed by atoms with Crippen LogP contribution >= 0.6 is 0 Å². The molecule has 2 nitrogen and oxygen atoms in total. The minimum absolute atomic E-state index is 0.0553. The summed E-state index contributed by atoms with van der Waals surface area (Å²) in [7, 11) is 0. The Bertz CT molecular complexity index is 494. The van der Waals surface area contributed by atoms with E-state index in [1.165, 1.54) is 0 Å². The lowest BCUT2D eigenvalue weighted by atomic mass is 10.1. The van der Waals surface area contributed by atoms with Crippen LogP contribution in [0.5, 0.6) is 0 Å². The zero-order valence-corrected chi connectivity index (χ0v) is 9.58. The van der Waals surface area contributed by atoms with Crippen molar-refractivity contribution < 1.29 is 4.79 Å². The van der Waals surface area contributed by atoms with Crippen molar-refractivity contribution in [2.24, 2.45) is 0 Å². The summed E-state index contributed by atoms with van der Waals surface area (Å²) in [4.78, 5) is 15.2. The van der Waals surface area contributed by atoms with Crippen molar-refractivity contribution >= 4 is 5.78 Å². The fourth-order valence-corrected chi connectivity index (χ4v) is 1.64. The molecule has 82 valence electrons. The number of aromatic amines is 1. The number of hydrogen-bond donors (Lipinski definition) is 1. The van der Waals surface area contributed by atoms with Crippen LogP contribution in [-0.4, -0.2) is 10.8 Å². The highest BCUT2D eigenvalue weighted by atomic mass is 16.1. The van der Waals surface area contributed by atoms with Gasteiger partial charge in [-0.2, -0.15) is 0 Å². The first-order chi connectivity index (χ1) is 7.70. The van der Waals surface area contributed by atoms with Crippen molar-refractivity contribution in [1.82, 2.24) is 4.98 Å². The predicted molar refractivity (Wildman–Crippen MR) is 64.8 cm³/mol. The summed E-state index contributed by atoms with van der Waals surface area (Å²) >= 11 is 0. The van der Waals surface area contributed by atoms with Gasteiger partial charge in [0.1, 0.15) is 0 Å². The summed E-state index contributed by atoms with van der Waals surface area (Å²) < 4.78 is 0. The van der Waals surface area contributed by atoms with E-state index in [1.807, 2.05) is 43.3 Å². The molecule has 0 saturated carbocycles. The highest BCUT2D eigenvalue weighted by molar-refractivity contribution is 6.07. The van der Waals surface area contributed by atoms with Gasteiger partial charge in [0.05, 0.1) is 5.69 Å². The van der Waals surface area contributed by atoms with E-state index in [-0.39, 0.29) is 5.78 Å². The van der Waals surface area contributed by atoms with Gasteiger partial charge in [-0.3, -0.25) is 4.79 Å². The van der Waals surface area contributed by atoms with Gasteiger partial charge < -0.3 is 4.98 Å². The standard InChI is InChI=1S/C14H15NO/c1-3-12-8-9-13(15-12)14(16)11-6-4-10(2)5-7-11/h4-9,15H,3H2,1-2H3. The summed E-state index contributed by atoms with van der Waals surface area (Å²) in [5.74, 6) is 0.0553. The molecule has 0 saturated heterocycles. The van der Waals surface area contributed by atoms with Gasteiger partial charge in [-0.05, 0) is 25.5 Å². The Hall–Kier alpha value is -1.83. The maximum Gasteiger partial charge on any atom is 0.209 e. The maximum absolute atomic E-state index is 12.1. The molecule has 1 N–H and O–H groups in total. The molecule has 1 aromatic carbocycles. The first-order valence-electron chi connectivity index (χ1n) is 5.50. The van der Waals surface area contributed by atoms with Gasteiger partial charge in [0, 0.05) is 11.3 Å². The summed E-state index contributed by atoms with van der Waals surface area (Å²) in [5, 5.41) is 0. The van der Waals surface area contributed by atoms with Crippen LogP contribution in [0.3, 0.4) is 0 Å². The number of ketones is 1. The highest BCUT2D eigenvalue weighted by Gasteiger charge is 2.10. The molecule has 0 atom stereocenters. The lowest BCUT2D eigenvalue weighted by molar-refractivity contribution is 0.103. The van der Waals surface area contributed by atoms with Crippen LogP contribution in [0.15, 0.2) is 36.4 Å². The quantitative estimate of drug-likeness (QED) is 0.781. The first-order valence-corrected chi connectivity index (χ1v) is 5.50. The second-order valence-corrected chi connectivity index (χ2v) is 3.95. The molecule has 0 fully saturated rings. The van der Waals surface area contributed by atoms with E-state index in [4.69, 9.17) is 0 Å². The van der Waals surface area contributed by atoms with E-state index in [0.29, 0.717) is 5.69 Å². The molecule has 0 aliphatic heterocycles.